The average Bonchev–Trinajstić information content (AvgIpc) is 3.18. The van der Waals surface area contributed by atoms with Crippen LogP contribution < -0.4 is 0 Å². The Hall–Kier alpha value is -0.880. The van der Waals surface area contributed by atoms with E-state index in [0.29, 0.717) is 15.1 Å². The van der Waals surface area contributed by atoms with E-state index >= 15 is 0 Å². The van der Waals surface area contributed by atoms with Crippen molar-refractivity contribution in [3.8, 4) is 0 Å². The van der Waals surface area contributed by atoms with Crippen LogP contribution in [0.1, 0.15) is 61.1 Å². The second-order valence-corrected chi connectivity index (χ2v) is 22.1. The Morgan fingerprint density at radius 3 is 1.52 bits per heavy atom. The van der Waals surface area contributed by atoms with Gasteiger partial charge in [-0.2, -0.15) is 12.6 Å². The molecule has 1 aliphatic rings. The number of rotatable bonds is 16. The molecule has 9 heteroatoms. The van der Waals surface area contributed by atoms with Gasteiger partial charge in [0.05, 0.1) is 9.16 Å². The first-order valence-electron chi connectivity index (χ1n) is 17.0. The summed E-state index contributed by atoms with van der Waals surface area (Å²) in [6.45, 7) is 2.33. The zero-order valence-corrected chi connectivity index (χ0v) is 38.3. The standard InChI is InChI=1S/C43H39Br3S6/c1-29(50-39-20-14-36(44)15-21-39)33-8-4-31(5-9-33)27-48-42(34-10-2-30(26-47)3-11-34)49-28-32-6-12-35(13-7-32)43(51-40-22-16-37(45)17-23-40)52-41-24-18-38(46)19-25-41/h2-20,22-25,29,39,42-43,47H,21,26-28H2,1H3. The average molecular weight is 988 g/mol. The molecule has 268 valence electrons. The van der Waals surface area contributed by atoms with Crippen molar-refractivity contribution in [1.29, 1.82) is 0 Å². The smallest absolute Gasteiger partial charge is 0.0845 e. The summed E-state index contributed by atoms with van der Waals surface area (Å²) in [7, 11) is 0. The summed E-state index contributed by atoms with van der Waals surface area (Å²) in [4.78, 5) is 2.51. The molecule has 0 spiro atoms. The number of benzene rings is 5. The lowest BCUT2D eigenvalue weighted by atomic mass is 10.1. The number of thioether (sulfide) groups is 5. The fraction of sp³-hybridized carbons (Fsp3) is 0.209. The number of hydrogen-bond acceptors (Lipinski definition) is 6. The highest BCUT2D eigenvalue weighted by molar-refractivity contribution is 9.12. The van der Waals surface area contributed by atoms with E-state index in [2.05, 4.69) is 207 Å². The largest absolute Gasteiger partial charge is 0.175 e. The molecule has 6 rings (SSSR count). The van der Waals surface area contributed by atoms with Gasteiger partial charge in [0.2, 0.25) is 0 Å². The maximum atomic E-state index is 4.50. The zero-order valence-electron chi connectivity index (χ0n) is 28.5. The lowest BCUT2D eigenvalue weighted by Gasteiger charge is -2.20. The van der Waals surface area contributed by atoms with E-state index in [1.165, 1.54) is 47.7 Å². The fourth-order valence-electron chi connectivity index (χ4n) is 5.47. The molecule has 0 radical (unpaired) electrons. The maximum absolute atomic E-state index is 4.50. The minimum Gasteiger partial charge on any atom is -0.175 e. The van der Waals surface area contributed by atoms with Crippen molar-refractivity contribution in [2.45, 2.75) is 60.1 Å². The normalized spacial score (nSPS) is 15.4. The third-order valence-corrected chi connectivity index (χ3v) is 17.4. The molecule has 5 aromatic rings. The van der Waals surface area contributed by atoms with Gasteiger partial charge in [-0.25, -0.2) is 0 Å². The topological polar surface area (TPSA) is 0 Å². The van der Waals surface area contributed by atoms with E-state index in [1.807, 2.05) is 58.8 Å². The van der Waals surface area contributed by atoms with E-state index in [-0.39, 0.29) is 4.58 Å². The lowest BCUT2D eigenvalue weighted by molar-refractivity contribution is 1.02. The predicted octanol–water partition coefficient (Wildman–Crippen LogP) is 16.5. The van der Waals surface area contributed by atoms with Crippen molar-refractivity contribution in [2.75, 3.05) is 0 Å². The van der Waals surface area contributed by atoms with Crippen molar-refractivity contribution in [3.63, 3.8) is 0 Å². The van der Waals surface area contributed by atoms with Gasteiger partial charge in [-0.1, -0.05) is 139 Å². The molecule has 5 aromatic carbocycles. The fourth-order valence-corrected chi connectivity index (χ4v) is 12.9. The summed E-state index contributed by atoms with van der Waals surface area (Å²) < 4.78 is 3.94. The van der Waals surface area contributed by atoms with E-state index in [4.69, 9.17) is 0 Å². The number of thiol groups is 1. The van der Waals surface area contributed by atoms with E-state index in [0.717, 1.165) is 32.6 Å². The molecular weight excluding hydrogens is 949 g/mol. The van der Waals surface area contributed by atoms with Crippen LogP contribution in [0.5, 0.6) is 0 Å². The Morgan fingerprint density at radius 1 is 0.596 bits per heavy atom. The van der Waals surface area contributed by atoms with Crippen LogP contribution in [-0.2, 0) is 17.3 Å². The van der Waals surface area contributed by atoms with Gasteiger partial charge in [0.25, 0.3) is 0 Å². The summed E-state index contributed by atoms with van der Waals surface area (Å²) >= 11 is 25.1. The maximum Gasteiger partial charge on any atom is 0.0845 e. The van der Waals surface area contributed by atoms with Crippen LogP contribution >= 0.6 is 119 Å². The Morgan fingerprint density at radius 2 is 1.06 bits per heavy atom. The molecule has 0 saturated heterocycles. The molecular formula is C43H39Br3S6. The monoisotopic (exact) mass is 984 g/mol. The summed E-state index contributed by atoms with van der Waals surface area (Å²) in [6, 6.07) is 44.9. The van der Waals surface area contributed by atoms with Gasteiger partial charge in [0.1, 0.15) is 0 Å². The number of hydrogen-bond donors (Lipinski definition) is 1. The molecule has 3 atom stereocenters. The second kappa shape index (κ2) is 20.9. The first-order valence-corrected chi connectivity index (χ1v) is 24.8. The quantitative estimate of drug-likeness (QED) is 0.0592. The number of allylic oxidation sites excluding steroid dienone is 3. The van der Waals surface area contributed by atoms with Crippen LogP contribution in [0.4, 0.5) is 0 Å². The van der Waals surface area contributed by atoms with Crippen LogP contribution in [0.15, 0.2) is 163 Å². The zero-order chi connectivity index (χ0) is 36.3. The van der Waals surface area contributed by atoms with Crippen molar-refractivity contribution in [2.24, 2.45) is 0 Å². The Bertz CT molecular complexity index is 1860. The summed E-state index contributed by atoms with van der Waals surface area (Å²) in [5.74, 6) is 2.68. The predicted molar refractivity (Wildman–Crippen MR) is 251 cm³/mol. The summed E-state index contributed by atoms with van der Waals surface area (Å²) in [5, 5.41) is 0.985. The highest BCUT2D eigenvalue weighted by Crippen LogP contribution is 2.48. The Kier molecular flexibility index (Phi) is 16.4. The molecule has 0 aliphatic heterocycles. The highest BCUT2D eigenvalue weighted by atomic mass is 79.9. The minimum absolute atomic E-state index is 0.231. The molecule has 0 nitrogen and oxygen atoms in total. The number of halogens is 3. The first kappa shape index (κ1) is 40.8. The van der Waals surface area contributed by atoms with Crippen LogP contribution in [0.3, 0.4) is 0 Å². The molecule has 0 amide bonds. The van der Waals surface area contributed by atoms with Gasteiger partial charge in [0, 0.05) is 51.0 Å². The van der Waals surface area contributed by atoms with Gasteiger partial charge < -0.3 is 0 Å². The second-order valence-electron chi connectivity index (χ2n) is 12.3. The van der Waals surface area contributed by atoms with Crippen LogP contribution in [0, 0.1) is 0 Å². The molecule has 1 aliphatic carbocycles. The molecule has 52 heavy (non-hydrogen) atoms. The van der Waals surface area contributed by atoms with Crippen LogP contribution in [0.2, 0.25) is 0 Å². The molecule has 0 saturated carbocycles. The SMILES string of the molecule is CC(SC1C=CC(Br)=CC1)c1ccc(CSC(SCc2ccc(C(Sc3ccc(Br)cc3)Sc3ccc(Br)cc3)cc2)c2ccc(CS)cc2)cc1. The molecule has 0 bridgehead atoms. The minimum atomic E-state index is 0.231. The Balaban J connectivity index is 1.11. The Labute approximate surface area is 361 Å². The van der Waals surface area contributed by atoms with Crippen molar-refractivity contribution in [3.05, 3.63) is 186 Å². The first-order chi connectivity index (χ1) is 25.3. The van der Waals surface area contributed by atoms with Crippen LogP contribution in [-0.4, -0.2) is 5.25 Å². The molecule has 0 heterocycles. The van der Waals surface area contributed by atoms with E-state index < -0.39 is 0 Å². The summed E-state index contributed by atoms with van der Waals surface area (Å²) in [6.07, 6.45) is 7.84. The lowest BCUT2D eigenvalue weighted by Crippen LogP contribution is -2.03. The third kappa shape index (κ3) is 12.6. The van der Waals surface area contributed by atoms with E-state index in [1.54, 1.807) is 0 Å². The van der Waals surface area contributed by atoms with Crippen LogP contribution in [0.25, 0.3) is 0 Å². The highest BCUT2D eigenvalue weighted by Gasteiger charge is 2.18. The molecule has 3 unspecified atom stereocenters. The van der Waals surface area contributed by atoms with Gasteiger partial charge >= 0.3 is 0 Å². The van der Waals surface area contributed by atoms with Gasteiger partial charge in [-0.05, 0) is 95.3 Å². The van der Waals surface area contributed by atoms with Crippen molar-refractivity contribution in [1.82, 2.24) is 0 Å². The van der Waals surface area contributed by atoms with Gasteiger partial charge in [-0.15, -0.1) is 58.8 Å². The molecule has 0 fully saturated rings. The molecule has 0 aromatic heterocycles. The van der Waals surface area contributed by atoms with Crippen molar-refractivity contribution >= 4 is 119 Å². The van der Waals surface area contributed by atoms with E-state index in [9.17, 15) is 0 Å². The summed E-state index contributed by atoms with van der Waals surface area (Å²) in [5.41, 5.74) is 8.04. The van der Waals surface area contributed by atoms with Gasteiger partial charge in [-0.3, -0.25) is 0 Å². The molecule has 0 N–H and O–H groups in total. The van der Waals surface area contributed by atoms with Crippen molar-refractivity contribution < 1.29 is 0 Å². The van der Waals surface area contributed by atoms with Gasteiger partial charge in [0.15, 0.2) is 0 Å². The third-order valence-electron chi connectivity index (χ3n) is 8.45.